The van der Waals surface area contributed by atoms with Crippen molar-refractivity contribution in [2.24, 2.45) is 4.99 Å². The Bertz CT molecular complexity index is 1420. The second-order valence-electron chi connectivity index (χ2n) is 8.90. The van der Waals surface area contributed by atoms with E-state index in [1.165, 1.54) is 36.2 Å². The zero-order valence-electron chi connectivity index (χ0n) is 20.4. The number of hydrogen-bond acceptors (Lipinski definition) is 6. The molecule has 7 nitrogen and oxygen atoms in total. The van der Waals surface area contributed by atoms with Crippen molar-refractivity contribution in [1.82, 2.24) is 14.5 Å². The van der Waals surface area contributed by atoms with Gasteiger partial charge in [-0.05, 0) is 48.7 Å². The van der Waals surface area contributed by atoms with Gasteiger partial charge in [0.2, 0.25) is 5.91 Å². The van der Waals surface area contributed by atoms with E-state index in [1.807, 2.05) is 38.3 Å². The number of aryl methyl sites for hydroxylation is 1. The van der Waals surface area contributed by atoms with E-state index in [0.717, 1.165) is 23.4 Å². The van der Waals surface area contributed by atoms with Crippen LogP contribution in [-0.4, -0.2) is 39.2 Å². The largest absolute Gasteiger partial charge is 0.375 e. The molecule has 2 aromatic carbocycles. The number of hydrogen-bond donors (Lipinski definition) is 2. The van der Waals surface area contributed by atoms with Crippen molar-refractivity contribution in [2.75, 3.05) is 17.2 Å². The van der Waals surface area contributed by atoms with Gasteiger partial charge in [-0.15, -0.1) is 0 Å². The lowest BCUT2D eigenvalue weighted by molar-refractivity contribution is -0.119. The highest BCUT2D eigenvalue weighted by Crippen LogP contribution is 2.31. The zero-order valence-corrected chi connectivity index (χ0v) is 21.2. The van der Waals surface area contributed by atoms with Gasteiger partial charge in [-0.2, -0.15) is 0 Å². The molecule has 0 saturated carbocycles. The van der Waals surface area contributed by atoms with Crippen molar-refractivity contribution in [2.45, 2.75) is 43.3 Å². The van der Waals surface area contributed by atoms with Crippen LogP contribution in [0, 0.1) is 18.6 Å². The first-order valence-corrected chi connectivity index (χ1v) is 13.0. The van der Waals surface area contributed by atoms with Crippen molar-refractivity contribution in [3.63, 3.8) is 0 Å². The van der Waals surface area contributed by atoms with Crippen molar-refractivity contribution in [1.29, 1.82) is 0 Å². The number of halogens is 2. The van der Waals surface area contributed by atoms with Gasteiger partial charge in [-0.25, -0.2) is 18.7 Å². The molecule has 190 valence electrons. The van der Waals surface area contributed by atoms with Crippen molar-refractivity contribution in [3.05, 3.63) is 77.5 Å². The number of imidazole rings is 1. The van der Waals surface area contributed by atoms with Crippen molar-refractivity contribution >= 4 is 35.3 Å². The summed E-state index contributed by atoms with van der Waals surface area (Å²) in [6, 6.07) is 12.8. The summed E-state index contributed by atoms with van der Waals surface area (Å²) in [7, 11) is 0. The Balaban J connectivity index is 1.37. The number of nitrogens with one attached hydrogen (secondary N) is 2. The Morgan fingerprint density at radius 3 is 2.62 bits per heavy atom. The van der Waals surface area contributed by atoms with Gasteiger partial charge in [0, 0.05) is 35.6 Å². The molecule has 37 heavy (non-hydrogen) atoms. The third kappa shape index (κ3) is 5.64. The third-order valence-electron chi connectivity index (χ3n) is 6.17. The van der Waals surface area contributed by atoms with Gasteiger partial charge in [-0.3, -0.25) is 9.79 Å². The molecule has 0 radical (unpaired) electrons. The molecule has 2 N–H and O–H groups in total. The number of anilines is 2. The number of carbonyl (C=O) groups is 1. The smallest absolute Gasteiger partial charge is 0.247 e. The molecule has 0 aliphatic carbocycles. The quantitative estimate of drug-likeness (QED) is 0.276. The van der Waals surface area contributed by atoms with Gasteiger partial charge in [0.05, 0.1) is 12.6 Å². The van der Waals surface area contributed by atoms with E-state index in [4.69, 9.17) is 0 Å². The second-order valence-corrected chi connectivity index (χ2v) is 9.85. The predicted molar refractivity (Wildman–Crippen MR) is 142 cm³/mol. The molecule has 2 atom stereocenters. The van der Waals surface area contributed by atoms with Crippen LogP contribution in [0.15, 0.2) is 64.9 Å². The highest BCUT2D eigenvalue weighted by atomic mass is 32.2. The monoisotopic (exact) mass is 520 g/mol. The summed E-state index contributed by atoms with van der Waals surface area (Å²) in [5.74, 6) is -0.101. The van der Waals surface area contributed by atoms with Gasteiger partial charge in [0.15, 0.2) is 11.0 Å². The minimum atomic E-state index is -0.695. The number of nitrogens with zero attached hydrogens (tertiary/aromatic N) is 4. The van der Waals surface area contributed by atoms with Crippen LogP contribution in [0.5, 0.6) is 0 Å². The summed E-state index contributed by atoms with van der Waals surface area (Å²) in [5.41, 5.74) is 3.77. The average molecular weight is 521 g/mol. The number of aromatic nitrogens is 3. The van der Waals surface area contributed by atoms with E-state index < -0.39 is 11.9 Å². The highest BCUT2D eigenvalue weighted by Gasteiger charge is 2.26. The van der Waals surface area contributed by atoms with Gasteiger partial charge in [0.1, 0.15) is 23.4 Å². The van der Waals surface area contributed by atoms with Gasteiger partial charge < -0.3 is 15.2 Å². The molecular formula is C27H26F2N6OS. The minimum Gasteiger partial charge on any atom is -0.375 e. The third-order valence-corrected chi connectivity index (χ3v) is 7.09. The maximum Gasteiger partial charge on any atom is 0.247 e. The van der Waals surface area contributed by atoms with Crippen molar-refractivity contribution in [3.8, 4) is 11.5 Å². The second kappa shape index (κ2) is 10.7. The normalized spacial score (nSPS) is 15.4. The standard InChI is InChI=1S/C27H26F2N6OS/c1-3-24(26(36)32-22-11-20(9-4-16(22)2)31-21-12-30-13-21)35-14-19(29)10-23-25(35)34-27(33-23)37-15-17-5-7-18(28)8-6-17/h4-12,14,21,24,31H,3,13,15H2,1-2H3,(H,32,36). The molecule has 0 spiro atoms. The number of amides is 1. The van der Waals surface area contributed by atoms with E-state index in [2.05, 4.69) is 25.6 Å². The number of pyridine rings is 1. The van der Waals surface area contributed by atoms with Gasteiger partial charge in [0.25, 0.3) is 0 Å². The predicted octanol–water partition coefficient (Wildman–Crippen LogP) is 5.72. The topological polar surface area (TPSA) is 84.2 Å². The van der Waals surface area contributed by atoms with E-state index >= 15 is 0 Å². The van der Waals surface area contributed by atoms with Crippen LogP contribution in [0.4, 0.5) is 20.2 Å². The number of carbonyl (C=O) groups excluding carboxylic acids is 1. The fraction of sp³-hybridized carbons (Fsp3) is 0.259. The number of thioether (sulfide) groups is 1. The first-order chi connectivity index (χ1) is 17.9. The first kappa shape index (κ1) is 24.9. The molecule has 1 amide bonds. The molecule has 0 bridgehead atoms. The first-order valence-electron chi connectivity index (χ1n) is 12.0. The molecule has 0 aromatic heterocycles. The number of rotatable bonds is 9. The molecule has 3 aliphatic rings. The van der Waals surface area contributed by atoms with E-state index in [-0.39, 0.29) is 17.8 Å². The van der Waals surface area contributed by atoms with Crippen LogP contribution < -0.4 is 10.6 Å². The number of aliphatic imine (C=N–C) groups is 1. The highest BCUT2D eigenvalue weighted by molar-refractivity contribution is 7.98. The number of fused-ring (bicyclic) bond motifs is 1. The molecule has 10 heteroatoms. The maximum absolute atomic E-state index is 14.6. The minimum absolute atomic E-state index is 0.191. The maximum atomic E-state index is 14.6. The Morgan fingerprint density at radius 2 is 1.92 bits per heavy atom. The summed E-state index contributed by atoms with van der Waals surface area (Å²) in [5, 5.41) is 6.83. The molecule has 2 unspecified atom stereocenters. The molecule has 2 aromatic rings. The Morgan fingerprint density at radius 1 is 1.14 bits per heavy atom. The van der Waals surface area contributed by atoms with E-state index in [9.17, 15) is 13.6 Å². The van der Waals surface area contributed by atoms with Crippen LogP contribution in [0.3, 0.4) is 0 Å². The Kier molecular flexibility index (Phi) is 7.18. The lowest BCUT2D eigenvalue weighted by Gasteiger charge is -2.23. The summed E-state index contributed by atoms with van der Waals surface area (Å²) in [6.45, 7) is 4.52. The Hall–Kier alpha value is -3.79. The summed E-state index contributed by atoms with van der Waals surface area (Å²) in [4.78, 5) is 26.6. The molecule has 3 heterocycles. The summed E-state index contributed by atoms with van der Waals surface area (Å²) in [6.07, 6.45) is 3.57. The van der Waals surface area contributed by atoms with Crippen LogP contribution >= 0.6 is 11.8 Å². The van der Waals surface area contributed by atoms with Crippen LogP contribution in [-0.2, 0) is 10.5 Å². The molecule has 5 rings (SSSR count). The molecular weight excluding hydrogens is 494 g/mol. The van der Waals surface area contributed by atoms with Crippen molar-refractivity contribution < 1.29 is 13.6 Å². The van der Waals surface area contributed by atoms with Crippen LogP contribution in [0.25, 0.3) is 11.5 Å². The number of benzene rings is 2. The lowest BCUT2D eigenvalue weighted by Crippen LogP contribution is -2.31. The fourth-order valence-electron chi connectivity index (χ4n) is 4.08. The summed E-state index contributed by atoms with van der Waals surface area (Å²) >= 11 is 1.37. The van der Waals surface area contributed by atoms with Crippen LogP contribution in [0.2, 0.25) is 0 Å². The van der Waals surface area contributed by atoms with Gasteiger partial charge >= 0.3 is 0 Å². The fourth-order valence-corrected chi connectivity index (χ4v) is 4.89. The van der Waals surface area contributed by atoms with E-state index in [0.29, 0.717) is 34.5 Å². The van der Waals surface area contributed by atoms with E-state index in [1.54, 1.807) is 16.7 Å². The Labute approximate surface area is 217 Å². The van der Waals surface area contributed by atoms with Crippen LogP contribution in [0.1, 0.15) is 30.5 Å². The SMILES string of the molecule is CCC(C(=O)Nc1cc(NC2C=NC2)ccc1C)n1cc(F)cc2nc(SCc3ccc(F)cc3)nc1-2. The molecule has 3 aliphatic heterocycles. The molecule has 0 saturated heterocycles. The average Bonchev–Trinajstić information content (AvgIpc) is 3.26. The molecule has 0 fully saturated rings. The zero-order chi connectivity index (χ0) is 25.9. The summed E-state index contributed by atoms with van der Waals surface area (Å²) < 4.78 is 29.3. The van der Waals surface area contributed by atoms with Gasteiger partial charge in [-0.1, -0.05) is 36.9 Å². The lowest BCUT2D eigenvalue weighted by atomic mass is 10.1.